The van der Waals surface area contributed by atoms with Crippen LogP contribution in [0.1, 0.15) is 12.8 Å². The second-order valence-electron chi connectivity index (χ2n) is 2.75. The predicted octanol–water partition coefficient (Wildman–Crippen LogP) is 1.17. The van der Waals surface area contributed by atoms with Crippen LogP contribution in [-0.2, 0) is 14.3 Å². The van der Waals surface area contributed by atoms with E-state index in [9.17, 15) is 9.59 Å². The van der Waals surface area contributed by atoms with Crippen molar-refractivity contribution in [3.8, 4) is 0 Å². The highest BCUT2D eigenvalue weighted by Gasteiger charge is 2.19. The maximum absolute atomic E-state index is 10.0. The molecule has 0 amide bonds. The zero-order chi connectivity index (χ0) is 11.3. The lowest BCUT2D eigenvalue weighted by atomic mass is 10.4. The van der Waals surface area contributed by atoms with Crippen molar-refractivity contribution in [3.05, 3.63) is 23.4 Å². The highest BCUT2D eigenvalue weighted by molar-refractivity contribution is 6.30. The Labute approximate surface area is 91.2 Å². The quantitative estimate of drug-likeness (QED) is 0.532. The van der Waals surface area contributed by atoms with Gasteiger partial charge in [0.05, 0.1) is 17.9 Å². The molecule has 15 heavy (non-hydrogen) atoms. The third kappa shape index (κ3) is 4.42. The molecular formula is C9H9ClN2O3. The van der Waals surface area contributed by atoms with Gasteiger partial charge in [0.25, 0.3) is 0 Å². The number of halogens is 1. The Morgan fingerprint density at radius 3 is 2.13 bits per heavy atom. The highest BCUT2D eigenvalue weighted by Crippen LogP contribution is 2.05. The molecule has 0 atom stereocenters. The van der Waals surface area contributed by atoms with E-state index in [1.54, 1.807) is 12.1 Å². The first-order valence-corrected chi connectivity index (χ1v) is 4.56. The minimum Gasteiger partial charge on any atom is -0.393 e. The van der Waals surface area contributed by atoms with E-state index in [0.717, 1.165) is 0 Å². The van der Waals surface area contributed by atoms with Gasteiger partial charge < -0.3 is 10.5 Å². The van der Waals surface area contributed by atoms with E-state index in [4.69, 9.17) is 17.3 Å². The minimum atomic E-state index is -0.398. The normalized spacial score (nSPS) is 14.2. The molecule has 0 unspecified atom stereocenters. The molecule has 0 aromatic carbocycles. The topological polar surface area (TPSA) is 82.3 Å². The molecule has 0 radical (unpaired) electrons. The van der Waals surface area contributed by atoms with E-state index in [1.165, 1.54) is 6.20 Å². The van der Waals surface area contributed by atoms with Crippen molar-refractivity contribution < 1.29 is 14.3 Å². The molecule has 1 aromatic rings. The van der Waals surface area contributed by atoms with Crippen molar-refractivity contribution >= 4 is 29.4 Å². The number of esters is 2. The molecule has 0 aliphatic carbocycles. The number of pyridine rings is 1. The molecule has 2 rings (SSSR count). The van der Waals surface area contributed by atoms with Crippen LogP contribution >= 0.6 is 11.6 Å². The van der Waals surface area contributed by atoms with Gasteiger partial charge in [0.1, 0.15) is 5.82 Å². The van der Waals surface area contributed by atoms with Crippen molar-refractivity contribution in [1.29, 1.82) is 0 Å². The van der Waals surface area contributed by atoms with Crippen LogP contribution < -0.4 is 5.73 Å². The van der Waals surface area contributed by atoms with Crippen LogP contribution in [0, 0.1) is 0 Å². The first-order valence-electron chi connectivity index (χ1n) is 4.18. The van der Waals surface area contributed by atoms with Gasteiger partial charge in [-0.15, -0.1) is 0 Å². The van der Waals surface area contributed by atoms with Gasteiger partial charge in [0.15, 0.2) is 0 Å². The third-order valence-electron chi connectivity index (χ3n) is 1.51. The van der Waals surface area contributed by atoms with Gasteiger partial charge in [-0.05, 0) is 12.1 Å². The summed E-state index contributed by atoms with van der Waals surface area (Å²) >= 11 is 5.49. The second kappa shape index (κ2) is 5.31. The molecule has 1 fully saturated rings. The van der Waals surface area contributed by atoms with Crippen LogP contribution in [0.25, 0.3) is 0 Å². The van der Waals surface area contributed by atoms with Crippen molar-refractivity contribution in [3.63, 3.8) is 0 Å². The van der Waals surface area contributed by atoms with Crippen LogP contribution in [0.15, 0.2) is 18.3 Å². The summed E-state index contributed by atoms with van der Waals surface area (Å²) in [6.07, 6.45) is 2.04. The van der Waals surface area contributed by atoms with Gasteiger partial charge in [-0.25, -0.2) is 4.98 Å². The molecule has 1 aliphatic rings. The summed E-state index contributed by atoms with van der Waals surface area (Å²) in [5.41, 5.74) is 5.26. The SMILES string of the molecule is Nc1ccc(Cl)cn1.O=C1CCC(=O)O1. The summed E-state index contributed by atoms with van der Waals surface area (Å²) < 4.78 is 4.08. The Bertz CT molecular complexity index is 329. The standard InChI is InChI=1S/C5H5ClN2.C4H4O3/c6-4-1-2-5(7)8-3-4;5-3-1-2-4(6)7-3/h1-3H,(H2,7,8);1-2H2. The number of carbonyl (C=O) groups excluding carboxylic acids is 2. The summed E-state index contributed by atoms with van der Waals surface area (Å²) in [6, 6.07) is 3.35. The average Bonchev–Trinajstić information content (AvgIpc) is 2.56. The summed E-state index contributed by atoms with van der Waals surface area (Å²) in [7, 11) is 0. The fraction of sp³-hybridized carbons (Fsp3) is 0.222. The van der Waals surface area contributed by atoms with E-state index in [0.29, 0.717) is 10.8 Å². The smallest absolute Gasteiger partial charge is 0.314 e. The molecule has 0 saturated carbocycles. The number of carbonyl (C=O) groups is 2. The minimum absolute atomic E-state index is 0.263. The number of hydrogen-bond acceptors (Lipinski definition) is 5. The molecule has 5 nitrogen and oxygen atoms in total. The molecule has 80 valence electrons. The van der Waals surface area contributed by atoms with Gasteiger partial charge in [0.2, 0.25) is 0 Å². The number of rotatable bonds is 0. The van der Waals surface area contributed by atoms with Crippen molar-refractivity contribution in [2.45, 2.75) is 12.8 Å². The van der Waals surface area contributed by atoms with E-state index in [2.05, 4.69) is 9.72 Å². The molecule has 2 N–H and O–H groups in total. The monoisotopic (exact) mass is 228 g/mol. The Morgan fingerprint density at radius 1 is 1.27 bits per heavy atom. The average molecular weight is 229 g/mol. The zero-order valence-electron chi connectivity index (χ0n) is 7.77. The number of nitrogens with two attached hydrogens (primary N) is 1. The number of anilines is 1. The second-order valence-corrected chi connectivity index (χ2v) is 3.18. The maximum Gasteiger partial charge on any atom is 0.314 e. The lowest BCUT2D eigenvalue weighted by Crippen LogP contribution is -1.94. The largest absolute Gasteiger partial charge is 0.393 e. The fourth-order valence-electron chi connectivity index (χ4n) is 0.820. The number of cyclic esters (lactones) is 2. The van der Waals surface area contributed by atoms with Gasteiger partial charge >= 0.3 is 11.9 Å². The third-order valence-corrected chi connectivity index (χ3v) is 1.73. The molecule has 6 heteroatoms. The first-order chi connectivity index (χ1) is 7.08. The van der Waals surface area contributed by atoms with E-state index in [-0.39, 0.29) is 12.8 Å². The molecule has 1 aromatic heterocycles. The molecule has 0 spiro atoms. The number of hydrogen-bond donors (Lipinski definition) is 1. The summed E-state index contributed by atoms with van der Waals surface area (Å²) in [5.74, 6) is -0.301. The Morgan fingerprint density at radius 2 is 1.87 bits per heavy atom. The van der Waals surface area contributed by atoms with Gasteiger partial charge in [0, 0.05) is 6.20 Å². The number of aromatic nitrogens is 1. The van der Waals surface area contributed by atoms with E-state index >= 15 is 0 Å². The summed E-state index contributed by atoms with van der Waals surface area (Å²) in [4.78, 5) is 23.7. The van der Waals surface area contributed by atoms with Crippen molar-refractivity contribution in [2.75, 3.05) is 5.73 Å². The maximum atomic E-state index is 10.0. The summed E-state index contributed by atoms with van der Waals surface area (Å²) in [5, 5.41) is 0.610. The van der Waals surface area contributed by atoms with Crippen LogP contribution in [0.4, 0.5) is 5.82 Å². The Hall–Kier alpha value is -1.62. The Kier molecular flexibility index (Phi) is 4.05. The fourth-order valence-corrected chi connectivity index (χ4v) is 0.932. The van der Waals surface area contributed by atoms with Crippen LogP contribution in [0.5, 0.6) is 0 Å². The summed E-state index contributed by atoms with van der Waals surface area (Å²) in [6.45, 7) is 0. The van der Waals surface area contributed by atoms with Gasteiger partial charge in [-0.3, -0.25) is 9.59 Å². The molecule has 1 saturated heterocycles. The zero-order valence-corrected chi connectivity index (χ0v) is 8.53. The van der Waals surface area contributed by atoms with Crippen LogP contribution in [0.2, 0.25) is 5.02 Å². The number of ether oxygens (including phenoxy) is 1. The lowest BCUT2D eigenvalue weighted by molar-refractivity contribution is -0.151. The van der Waals surface area contributed by atoms with Crippen molar-refractivity contribution in [2.24, 2.45) is 0 Å². The van der Waals surface area contributed by atoms with Gasteiger partial charge in [-0.1, -0.05) is 11.6 Å². The molecular weight excluding hydrogens is 220 g/mol. The number of nitrogen functional groups attached to an aromatic ring is 1. The molecule has 0 bridgehead atoms. The lowest BCUT2D eigenvalue weighted by Gasteiger charge is -1.87. The predicted molar refractivity (Wildman–Crippen MR) is 54.0 cm³/mol. The van der Waals surface area contributed by atoms with E-state index < -0.39 is 11.9 Å². The first kappa shape index (κ1) is 11.5. The highest BCUT2D eigenvalue weighted by atomic mass is 35.5. The van der Waals surface area contributed by atoms with E-state index in [1.807, 2.05) is 0 Å². The number of nitrogens with zero attached hydrogens (tertiary/aromatic N) is 1. The Balaban J connectivity index is 0.000000151. The van der Waals surface area contributed by atoms with Crippen LogP contribution in [0.3, 0.4) is 0 Å². The van der Waals surface area contributed by atoms with Gasteiger partial charge in [-0.2, -0.15) is 0 Å². The van der Waals surface area contributed by atoms with Crippen LogP contribution in [-0.4, -0.2) is 16.9 Å². The molecule has 1 aliphatic heterocycles. The van der Waals surface area contributed by atoms with Crippen molar-refractivity contribution in [1.82, 2.24) is 4.98 Å². The molecule has 2 heterocycles.